The van der Waals surface area contributed by atoms with Crippen LogP contribution in [0.25, 0.3) is 5.76 Å². The Bertz CT molecular complexity index is 1140. The van der Waals surface area contributed by atoms with Gasteiger partial charge in [-0.2, -0.15) is 0 Å². The molecule has 2 aromatic heterocycles. The zero-order chi connectivity index (χ0) is 21.3. The lowest BCUT2D eigenvalue weighted by molar-refractivity contribution is -0.384. The monoisotopic (exact) mass is 405 g/mol. The summed E-state index contributed by atoms with van der Waals surface area (Å²) in [4.78, 5) is 41.3. The van der Waals surface area contributed by atoms with Crippen molar-refractivity contribution in [2.75, 3.05) is 0 Å². The van der Waals surface area contributed by atoms with Crippen LogP contribution in [0, 0.1) is 10.1 Å². The van der Waals surface area contributed by atoms with Crippen LogP contribution in [0.15, 0.2) is 77.2 Å². The summed E-state index contributed by atoms with van der Waals surface area (Å²) in [5.74, 6) is -1.59. The van der Waals surface area contributed by atoms with Gasteiger partial charge in [-0.15, -0.1) is 0 Å². The van der Waals surface area contributed by atoms with E-state index in [4.69, 9.17) is 4.42 Å². The second kappa shape index (κ2) is 7.63. The van der Waals surface area contributed by atoms with Crippen molar-refractivity contribution < 1.29 is 24.0 Å². The van der Waals surface area contributed by atoms with Crippen LogP contribution in [-0.4, -0.2) is 31.6 Å². The fourth-order valence-electron chi connectivity index (χ4n) is 3.39. The van der Waals surface area contributed by atoms with Crippen molar-refractivity contribution in [3.8, 4) is 0 Å². The molecular weight excluding hydrogens is 390 g/mol. The van der Waals surface area contributed by atoms with Crippen molar-refractivity contribution in [3.05, 3.63) is 99.8 Å². The third kappa shape index (κ3) is 3.32. The molecule has 1 amide bonds. The Kier molecular flexibility index (Phi) is 4.85. The quantitative estimate of drug-likeness (QED) is 0.227. The number of aromatic nitrogens is 1. The summed E-state index contributed by atoms with van der Waals surface area (Å²) in [5, 5.41) is 21.8. The number of amides is 1. The maximum Gasteiger partial charge on any atom is 0.296 e. The Morgan fingerprint density at radius 1 is 1.17 bits per heavy atom. The fraction of sp³-hybridized carbons (Fsp3) is 0.0952. The smallest absolute Gasteiger partial charge is 0.296 e. The average Bonchev–Trinajstić information content (AvgIpc) is 3.36. The summed E-state index contributed by atoms with van der Waals surface area (Å²) in [6, 6.07) is 10.9. The molecule has 1 fully saturated rings. The highest BCUT2D eigenvalue weighted by Crippen LogP contribution is 2.40. The fourth-order valence-corrected chi connectivity index (χ4v) is 3.39. The minimum atomic E-state index is -0.890. The molecule has 0 radical (unpaired) electrons. The summed E-state index contributed by atoms with van der Waals surface area (Å²) in [5.41, 5.74) is 0.444. The number of ketones is 1. The van der Waals surface area contributed by atoms with Crippen LogP contribution < -0.4 is 0 Å². The number of nitro groups is 1. The zero-order valence-electron chi connectivity index (χ0n) is 15.5. The van der Waals surface area contributed by atoms with E-state index in [9.17, 15) is 24.8 Å². The number of rotatable bonds is 5. The van der Waals surface area contributed by atoms with Gasteiger partial charge in [-0.1, -0.05) is 6.07 Å². The molecule has 3 aromatic rings. The van der Waals surface area contributed by atoms with Crippen LogP contribution in [0.1, 0.15) is 22.9 Å². The Morgan fingerprint density at radius 2 is 1.93 bits per heavy atom. The van der Waals surface area contributed by atoms with E-state index < -0.39 is 28.4 Å². The van der Waals surface area contributed by atoms with Gasteiger partial charge in [-0.3, -0.25) is 24.7 Å². The van der Waals surface area contributed by atoms with Gasteiger partial charge in [0.05, 0.1) is 29.3 Å². The lowest BCUT2D eigenvalue weighted by atomic mass is 9.96. The van der Waals surface area contributed by atoms with Gasteiger partial charge in [-0.05, 0) is 35.9 Å². The molecule has 1 aromatic carbocycles. The first-order chi connectivity index (χ1) is 14.5. The topological polar surface area (TPSA) is 127 Å². The van der Waals surface area contributed by atoms with Crippen LogP contribution >= 0.6 is 0 Å². The Balaban J connectivity index is 1.83. The van der Waals surface area contributed by atoms with E-state index in [0.717, 1.165) is 0 Å². The molecule has 4 rings (SSSR count). The van der Waals surface area contributed by atoms with Crippen molar-refractivity contribution in [1.29, 1.82) is 0 Å². The standard InChI is InChI=1S/C21H15N3O6/c25-19(13-5-7-15(8-6-13)24(28)29)17-18(14-3-1-9-22-11-14)23(21(27)20(17)26)12-16-4-2-10-30-16/h1-11,18,25H,12H2/b19-17-. The maximum atomic E-state index is 12.8. The van der Waals surface area contributed by atoms with Gasteiger partial charge < -0.3 is 14.4 Å². The van der Waals surface area contributed by atoms with Crippen molar-refractivity contribution >= 4 is 23.1 Å². The molecule has 1 unspecified atom stereocenters. The van der Waals surface area contributed by atoms with Gasteiger partial charge in [-0.25, -0.2) is 0 Å². The van der Waals surface area contributed by atoms with Gasteiger partial charge >= 0.3 is 0 Å². The van der Waals surface area contributed by atoms with Gasteiger partial charge in [0.2, 0.25) is 0 Å². The van der Waals surface area contributed by atoms with Crippen molar-refractivity contribution in [1.82, 2.24) is 9.88 Å². The van der Waals surface area contributed by atoms with E-state index in [1.807, 2.05) is 0 Å². The largest absolute Gasteiger partial charge is 0.507 e. The highest BCUT2D eigenvalue weighted by Gasteiger charge is 2.46. The second-order valence-electron chi connectivity index (χ2n) is 6.60. The molecule has 0 bridgehead atoms. The molecule has 1 aliphatic heterocycles. The van der Waals surface area contributed by atoms with Gasteiger partial charge in [0.1, 0.15) is 11.5 Å². The molecule has 1 saturated heterocycles. The number of Topliss-reactive ketones (excluding diaryl/α,β-unsaturated/α-hetero) is 1. The number of likely N-dealkylation sites (tertiary alicyclic amines) is 1. The highest BCUT2D eigenvalue weighted by molar-refractivity contribution is 6.46. The van der Waals surface area contributed by atoms with E-state index >= 15 is 0 Å². The van der Waals surface area contributed by atoms with Crippen LogP contribution in [0.4, 0.5) is 5.69 Å². The summed E-state index contributed by atoms with van der Waals surface area (Å²) in [7, 11) is 0. The normalized spacial score (nSPS) is 18.0. The van der Waals surface area contributed by atoms with Crippen molar-refractivity contribution in [2.24, 2.45) is 0 Å². The summed E-state index contributed by atoms with van der Waals surface area (Å²) in [6.45, 7) is 0.0220. The first-order valence-corrected chi connectivity index (χ1v) is 8.93. The summed E-state index contributed by atoms with van der Waals surface area (Å²) < 4.78 is 5.32. The number of pyridine rings is 1. The van der Waals surface area contributed by atoms with E-state index in [-0.39, 0.29) is 23.4 Å². The SMILES string of the molecule is O=C1C(=O)N(Cc2ccco2)C(c2cccnc2)/C1=C(/O)c1ccc([N+](=O)[O-])cc1. The molecule has 0 aliphatic carbocycles. The number of aliphatic hydroxyl groups excluding tert-OH is 1. The Hall–Kier alpha value is -4.27. The molecule has 3 heterocycles. The zero-order valence-corrected chi connectivity index (χ0v) is 15.5. The lowest BCUT2D eigenvalue weighted by Crippen LogP contribution is -2.29. The minimum absolute atomic E-state index is 0.0220. The first-order valence-electron chi connectivity index (χ1n) is 8.93. The number of benzene rings is 1. The number of carbonyl (C=O) groups excluding carboxylic acids is 2. The Labute approximate surface area is 170 Å². The van der Waals surface area contributed by atoms with Gasteiger partial charge in [0.15, 0.2) is 0 Å². The average molecular weight is 405 g/mol. The molecule has 9 heteroatoms. The third-order valence-corrected chi connectivity index (χ3v) is 4.80. The molecule has 0 saturated carbocycles. The number of carbonyl (C=O) groups is 2. The summed E-state index contributed by atoms with van der Waals surface area (Å²) >= 11 is 0. The minimum Gasteiger partial charge on any atom is -0.507 e. The molecule has 9 nitrogen and oxygen atoms in total. The van der Waals surface area contributed by atoms with Crippen LogP contribution in [0.3, 0.4) is 0 Å². The number of aliphatic hydroxyl groups is 1. The molecule has 1 atom stereocenters. The molecule has 1 N–H and O–H groups in total. The first kappa shape index (κ1) is 19.1. The molecule has 1 aliphatic rings. The molecule has 150 valence electrons. The van der Waals surface area contributed by atoms with Gasteiger partial charge in [0, 0.05) is 30.1 Å². The number of hydrogen-bond acceptors (Lipinski definition) is 7. The lowest BCUT2D eigenvalue weighted by Gasteiger charge is -2.24. The van der Waals surface area contributed by atoms with Crippen molar-refractivity contribution in [2.45, 2.75) is 12.6 Å². The number of nitrogens with zero attached hydrogens (tertiary/aromatic N) is 3. The second-order valence-corrected chi connectivity index (χ2v) is 6.60. The Morgan fingerprint density at radius 3 is 2.53 bits per heavy atom. The van der Waals surface area contributed by atoms with E-state index in [2.05, 4.69) is 4.98 Å². The summed E-state index contributed by atoms with van der Waals surface area (Å²) in [6.07, 6.45) is 4.52. The number of non-ortho nitro benzene ring substituents is 1. The molecule has 30 heavy (non-hydrogen) atoms. The third-order valence-electron chi connectivity index (χ3n) is 4.80. The molecular formula is C21H15N3O6. The van der Waals surface area contributed by atoms with Crippen molar-refractivity contribution in [3.63, 3.8) is 0 Å². The van der Waals surface area contributed by atoms with Crippen LogP contribution in [0.5, 0.6) is 0 Å². The van der Waals surface area contributed by atoms with Gasteiger partial charge in [0.25, 0.3) is 17.4 Å². The van der Waals surface area contributed by atoms with Crippen LogP contribution in [0.2, 0.25) is 0 Å². The maximum absolute atomic E-state index is 12.8. The van der Waals surface area contributed by atoms with E-state index in [1.54, 1.807) is 30.5 Å². The van der Waals surface area contributed by atoms with Crippen LogP contribution in [-0.2, 0) is 16.1 Å². The van der Waals surface area contributed by atoms with E-state index in [0.29, 0.717) is 11.3 Å². The highest BCUT2D eigenvalue weighted by atomic mass is 16.6. The number of nitro benzene ring substituents is 1. The number of hydrogen-bond donors (Lipinski definition) is 1. The predicted octanol–water partition coefficient (Wildman–Crippen LogP) is 3.20. The number of furan rings is 1. The van der Waals surface area contributed by atoms with E-state index in [1.165, 1.54) is 41.6 Å². The predicted molar refractivity (Wildman–Crippen MR) is 104 cm³/mol. The molecule has 0 spiro atoms.